The summed E-state index contributed by atoms with van der Waals surface area (Å²) in [5.74, 6) is 0. The number of para-hydroxylation sites is 2. The molecule has 3 heterocycles. The van der Waals surface area contributed by atoms with Gasteiger partial charge in [0.15, 0.2) is 0 Å². The molecule has 0 bridgehead atoms. The first-order valence-corrected chi connectivity index (χ1v) is 12.1. The fraction of sp³-hybridized carbons (Fsp3) is 0.0303. The molecule has 0 unspecified atom stereocenters. The third kappa shape index (κ3) is 2.33. The quantitative estimate of drug-likeness (QED) is 0.178. The number of rotatable bonds is 0. The summed E-state index contributed by atoms with van der Waals surface area (Å²) < 4.78 is 4.57. The molecular weight excluding hydrogens is 424 g/mol. The van der Waals surface area contributed by atoms with E-state index in [0.717, 1.165) is 10.9 Å². The lowest BCUT2D eigenvalue weighted by atomic mass is 9.99. The van der Waals surface area contributed by atoms with E-state index >= 15 is 0 Å². The van der Waals surface area contributed by atoms with Gasteiger partial charge in [0.25, 0.3) is 0 Å². The number of hydrogen-bond acceptors (Lipinski definition) is 0. The third-order valence-electron chi connectivity index (χ3n) is 7.73. The molecule has 0 aliphatic carbocycles. The summed E-state index contributed by atoms with van der Waals surface area (Å²) in [6.45, 7) is 6.74. The molecule has 35 heavy (non-hydrogen) atoms. The van der Waals surface area contributed by atoms with Crippen molar-refractivity contribution < 1.29 is 8.64 Å². The molecule has 8 aromatic rings. The molecule has 164 valence electrons. The first kappa shape index (κ1) is 18.8. The largest absolute Gasteiger partial charge is 0.326 e. The highest BCUT2D eigenvalue weighted by Gasteiger charge is 2.19. The van der Waals surface area contributed by atoms with Crippen LogP contribution in [-0.4, -0.2) is 0 Å². The minimum absolute atomic E-state index is 1.13. The van der Waals surface area contributed by atoms with Crippen LogP contribution in [0.25, 0.3) is 59.8 Å². The van der Waals surface area contributed by atoms with Crippen LogP contribution < -0.4 is 8.64 Å². The van der Waals surface area contributed by atoms with Gasteiger partial charge in [0.05, 0.1) is 11.0 Å². The van der Waals surface area contributed by atoms with Crippen molar-refractivity contribution in [2.75, 3.05) is 0 Å². The van der Waals surface area contributed by atoms with E-state index in [-0.39, 0.29) is 0 Å². The Morgan fingerprint density at radius 3 is 2.37 bits per heavy atom. The van der Waals surface area contributed by atoms with Crippen molar-refractivity contribution in [3.05, 3.63) is 126 Å². The molecule has 0 atom stereocenters. The summed E-state index contributed by atoms with van der Waals surface area (Å²) in [7, 11) is 0. The minimum atomic E-state index is 1.13. The van der Waals surface area contributed by atoms with Gasteiger partial charge in [-0.05, 0) is 52.2 Å². The van der Waals surface area contributed by atoms with E-state index in [4.69, 9.17) is 0 Å². The second-order valence-electron chi connectivity index (χ2n) is 9.61. The lowest BCUT2D eigenvalue weighted by Crippen LogP contribution is -2.18. The monoisotopic (exact) mass is 446 g/mol. The van der Waals surface area contributed by atoms with Gasteiger partial charge >= 0.3 is 0 Å². The second kappa shape index (κ2) is 6.52. The Bertz CT molecular complexity index is 2300. The van der Waals surface area contributed by atoms with Crippen LogP contribution in [0.3, 0.4) is 0 Å². The highest BCUT2D eigenvalue weighted by Crippen LogP contribution is 2.37. The Labute approximate surface area is 201 Å². The lowest BCUT2D eigenvalue weighted by Gasteiger charge is -2.06. The zero-order valence-corrected chi connectivity index (χ0v) is 19.4. The maximum absolute atomic E-state index is 4.50. The third-order valence-corrected chi connectivity index (χ3v) is 7.73. The molecule has 0 saturated carbocycles. The van der Waals surface area contributed by atoms with Gasteiger partial charge < -0.3 is 4.40 Å². The van der Waals surface area contributed by atoms with Gasteiger partial charge in [0.2, 0.25) is 10.9 Å². The molecule has 2 nitrogen and oxygen atoms in total. The topological polar surface area (TPSA) is 10.0 Å². The average Bonchev–Trinajstić information content (AvgIpc) is 3.39. The molecule has 0 aliphatic rings. The Kier molecular flexibility index (Phi) is 3.51. The van der Waals surface area contributed by atoms with Crippen molar-refractivity contribution in [3.8, 4) is 0 Å². The number of aromatic nitrogens is 2. The van der Waals surface area contributed by atoms with E-state index in [1.54, 1.807) is 0 Å². The normalized spacial score (nSPS) is 13.3. The predicted molar refractivity (Wildman–Crippen MR) is 144 cm³/mol. The Morgan fingerprint density at radius 2 is 1.49 bits per heavy atom. The maximum atomic E-state index is 4.50. The highest BCUT2D eigenvalue weighted by molar-refractivity contribution is 6.20. The molecule has 0 amide bonds. The fourth-order valence-corrected chi connectivity index (χ4v) is 6.20. The molecular formula is C33H22N2. The van der Waals surface area contributed by atoms with Crippen molar-refractivity contribution in [2.24, 2.45) is 0 Å². The molecule has 0 radical (unpaired) electrons. The molecule has 3 aromatic heterocycles. The smallest absolute Gasteiger partial charge is 0.217 e. The van der Waals surface area contributed by atoms with Crippen LogP contribution >= 0.6 is 0 Å². The van der Waals surface area contributed by atoms with E-state index in [9.17, 15) is 0 Å². The summed E-state index contributed by atoms with van der Waals surface area (Å²) in [4.78, 5) is 0. The van der Waals surface area contributed by atoms with E-state index < -0.39 is 0 Å². The van der Waals surface area contributed by atoms with Gasteiger partial charge in [-0.1, -0.05) is 42.5 Å². The number of fused-ring (bicyclic) bond motifs is 8. The van der Waals surface area contributed by atoms with Crippen molar-refractivity contribution >= 4 is 59.8 Å². The fourth-order valence-electron chi connectivity index (χ4n) is 6.20. The summed E-state index contributed by atoms with van der Waals surface area (Å²) in [6, 6.07) is 37.5. The number of hydrogen-bond donors (Lipinski definition) is 0. The average molecular weight is 447 g/mol. The van der Waals surface area contributed by atoms with Crippen molar-refractivity contribution in [1.29, 1.82) is 0 Å². The van der Waals surface area contributed by atoms with Gasteiger partial charge in [-0.3, -0.25) is 0 Å². The van der Waals surface area contributed by atoms with E-state index in [0.29, 0.717) is 0 Å². The zero-order chi connectivity index (χ0) is 23.3. The molecule has 5 aromatic carbocycles. The van der Waals surface area contributed by atoms with Crippen LogP contribution in [0.1, 0.15) is 5.56 Å². The van der Waals surface area contributed by atoms with Crippen LogP contribution in [0, 0.1) is 24.2 Å². The summed E-state index contributed by atoms with van der Waals surface area (Å²) >= 11 is 0. The highest BCUT2D eigenvalue weighted by atomic mass is 14.9. The molecule has 0 spiro atoms. The molecule has 0 aliphatic heterocycles. The first-order valence-electron chi connectivity index (χ1n) is 12.1. The van der Waals surface area contributed by atoms with Crippen LogP contribution in [-0.2, 0) is 0 Å². The maximum Gasteiger partial charge on any atom is 0.217 e. The van der Waals surface area contributed by atoms with Gasteiger partial charge in [-0.15, -0.1) is 22.9 Å². The second-order valence-corrected chi connectivity index (χ2v) is 9.61. The van der Waals surface area contributed by atoms with E-state index in [1.165, 1.54) is 65.0 Å². The summed E-state index contributed by atoms with van der Waals surface area (Å²) in [6.07, 6.45) is 0. The van der Waals surface area contributed by atoms with Crippen molar-refractivity contribution in [3.63, 3.8) is 0 Å². The van der Waals surface area contributed by atoms with Crippen LogP contribution in [0.5, 0.6) is 0 Å². The van der Waals surface area contributed by atoms with Crippen molar-refractivity contribution in [1.82, 2.24) is 0 Å². The first-order chi connectivity index (χ1) is 17.2. The molecule has 0 saturated heterocycles. The Morgan fingerprint density at radius 1 is 0.714 bits per heavy atom. The minimum Gasteiger partial charge on any atom is -0.326 e. The van der Waals surface area contributed by atoms with E-state index in [2.05, 4.69) is 125 Å². The van der Waals surface area contributed by atoms with Gasteiger partial charge in [0.1, 0.15) is 12.2 Å². The van der Waals surface area contributed by atoms with Crippen LogP contribution in [0.15, 0.2) is 103 Å². The Hall–Kier alpha value is -4.56. The molecule has 0 N–H and O–H groups in total. The van der Waals surface area contributed by atoms with Crippen LogP contribution in [0.4, 0.5) is 0 Å². The predicted octanol–water partition coefficient (Wildman–Crippen LogP) is 6.87. The van der Waals surface area contributed by atoms with Gasteiger partial charge in [-0.2, -0.15) is 22.4 Å². The van der Waals surface area contributed by atoms with E-state index in [1.807, 2.05) is 0 Å². The Balaban J connectivity index is 1.78. The zero-order valence-electron chi connectivity index (χ0n) is 19.4. The van der Waals surface area contributed by atoms with Crippen LogP contribution in [0.2, 0.25) is 0 Å². The number of benzene rings is 5. The van der Waals surface area contributed by atoms with Crippen molar-refractivity contribution in [2.45, 2.75) is 6.92 Å². The molecule has 2 heteroatoms. The number of pyridine rings is 1. The number of aryl methyl sites for hydroxylation is 1. The lowest BCUT2D eigenvalue weighted by molar-refractivity contribution is -0.479. The molecule has 0 fully saturated rings. The summed E-state index contributed by atoms with van der Waals surface area (Å²) in [5, 5.41) is 11.3. The summed E-state index contributed by atoms with van der Waals surface area (Å²) in [5.41, 5.74) is 6.21. The molecule has 8 rings (SSSR count). The van der Waals surface area contributed by atoms with Gasteiger partial charge in [0, 0.05) is 22.7 Å². The van der Waals surface area contributed by atoms with Gasteiger partial charge in [-0.25, -0.2) is 0 Å². The number of nitrogens with zero attached hydrogens (tertiary/aromatic N) is 2. The SMILES string of the molecule is C=[n+]1c(=c2c(C)cc3c4cccc[c-]4[n+]4c3c2c2cc3ccccc3c[c-]24)ccc2ccccc21. The standard InChI is InChI=1S/C33H22N2/c1-20-17-25-24-12-6-8-14-28(24)35-30-19-23-11-4-3-10-22(23)18-26(30)32(33(25)35)31(20)29-16-15-21-9-5-7-13-27(21)34(29)2/h3-19H,2H2,1H3.